The molecule has 0 aliphatic heterocycles. The van der Waals surface area contributed by atoms with Gasteiger partial charge in [0.2, 0.25) is 0 Å². The molecule has 2 aromatic carbocycles. The SMILES string of the molecule is C=C(OC)c1ccc(C#CCOc2ccc(C)cc2)cc1.C=C/C=C(/C)C=C.CC.CC.CCC. The first-order valence-corrected chi connectivity index (χ1v) is 12.3. The molecule has 0 saturated heterocycles. The summed E-state index contributed by atoms with van der Waals surface area (Å²) in [7, 11) is 1.61. The third-order valence-corrected chi connectivity index (χ3v) is 3.72. The van der Waals surface area contributed by atoms with Crippen LogP contribution in [-0.4, -0.2) is 13.7 Å². The van der Waals surface area contributed by atoms with Crippen LogP contribution in [0.5, 0.6) is 5.75 Å². The second kappa shape index (κ2) is 26.8. The van der Waals surface area contributed by atoms with Crippen molar-refractivity contribution >= 4 is 5.76 Å². The molecule has 0 bridgehead atoms. The lowest BCUT2D eigenvalue weighted by Gasteiger charge is -2.03. The predicted octanol–water partition coefficient (Wildman–Crippen LogP) is 9.82. The monoisotopic (exact) mass is 476 g/mol. The van der Waals surface area contributed by atoms with Gasteiger partial charge in [0.25, 0.3) is 0 Å². The van der Waals surface area contributed by atoms with Gasteiger partial charge in [0, 0.05) is 11.1 Å². The molecule has 2 rings (SSSR count). The molecule has 0 aliphatic carbocycles. The molecule has 35 heavy (non-hydrogen) atoms. The van der Waals surface area contributed by atoms with Gasteiger partial charge in [-0.05, 0) is 38.1 Å². The van der Waals surface area contributed by atoms with Crippen molar-refractivity contribution in [2.45, 2.75) is 61.8 Å². The Balaban J connectivity index is -0.000000611. The van der Waals surface area contributed by atoms with Crippen LogP contribution in [-0.2, 0) is 4.74 Å². The summed E-state index contributed by atoms with van der Waals surface area (Å²) in [5.41, 5.74) is 4.26. The summed E-state index contributed by atoms with van der Waals surface area (Å²) < 4.78 is 10.6. The number of methoxy groups -OCH3 is 1. The quantitative estimate of drug-likeness (QED) is 0.235. The maximum absolute atomic E-state index is 5.55. The lowest BCUT2D eigenvalue weighted by molar-refractivity contribution is 0.370. The van der Waals surface area contributed by atoms with Crippen molar-refractivity contribution in [2.75, 3.05) is 13.7 Å². The van der Waals surface area contributed by atoms with Gasteiger partial charge in [-0.2, -0.15) is 0 Å². The molecule has 0 radical (unpaired) electrons. The average Bonchev–Trinajstić information content (AvgIpc) is 2.91. The molecule has 0 aromatic heterocycles. The van der Waals surface area contributed by atoms with Gasteiger partial charge < -0.3 is 9.47 Å². The highest BCUT2D eigenvalue weighted by atomic mass is 16.5. The highest BCUT2D eigenvalue weighted by Crippen LogP contribution is 2.13. The van der Waals surface area contributed by atoms with E-state index in [1.54, 1.807) is 19.3 Å². The summed E-state index contributed by atoms with van der Waals surface area (Å²) in [5, 5.41) is 0. The minimum absolute atomic E-state index is 0.371. The molecule has 0 unspecified atom stereocenters. The summed E-state index contributed by atoms with van der Waals surface area (Å²) in [6, 6.07) is 15.7. The van der Waals surface area contributed by atoms with Crippen molar-refractivity contribution in [3.05, 3.63) is 109 Å². The van der Waals surface area contributed by atoms with Crippen LogP contribution >= 0.6 is 0 Å². The minimum atomic E-state index is 0.371. The fourth-order valence-corrected chi connectivity index (χ4v) is 2.00. The minimum Gasteiger partial charge on any atom is -0.497 e. The molecule has 0 N–H and O–H groups in total. The normalized spacial score (nSPS) is 8.66. The van der Waals surface area contributed by atoms with Crippen molar-refractivity contribution in [1.82, 2.24) is 0 Å². The molecule has 192 valence electrons. The van der Waals surface area contributed by atoms with Gasteiger partial charge in [-0.25, -0.2) is 0 Å². The number of rotatable bonds is 6. The maximum Gasteiger partial charge on any atom is 0.149 e. The van der Waals surface area contributed by atoms with Crippen LogP contribution in [0.25, 0.3) is 5.76 Å². The first-order chi connectivity index (χ1) is 16.9. The molecule has 0 spiro atoms. The van der Waals surface area contributed by atoms with E-state index in [2.05, 4.69) is 45.4 Å². The van der Waals surface area contributed by atoms with Crippen LogP contribution in [0.4, 0.5) is 0 Å². The van der Waals surface area contributed by atoms with Crippen molar-refractivity contribution in [2.24, 2.45) is 0 Å². The molecule has 2 aromatic rings. The van der Waals surface area contributed by atoms with Crippen LogP contribution in [0.1, 0.15) is 71.6 Å². The summed E-state index contributed by atoms with van der Waals surface area (Å²) in [5.74, 6) is 7.55. The first-order valence-electron chi connectivity index (χ1n) is 12.3. The zero-order valence-electron chi connectivity index (χ0n) is 23.7. The Morgan fingerprint density at radius 3 is 1.83 bits per heavy atom. The molecular formula is C33H48O2. The van der Waals surface area contributed by atoms with Gasteiger partial charge >= 0.3 is 0 Å². The Morgan fingerprint density at radius 1 is 0.914 bits per heavy atom. The van der Waals surface area contributed by atoms with Crippen molar-refractivity contribution in [3.8, 4) is 17.6 Å². The number of aryl methyl sites for hydroxylation is 1. The van der Waals surface area contributed by atoms with E-state index >= 15 is 0 Å². The van der Waals surface area contributed by atoms with E-state index in [0.717, 1.165) is 22.4 Å². The van der Waals surface area contributed by atoms with Gasteiger partial charge in [0.15, 0.2) is 0 Å². The number of ether oxygens (including phenoxy) is 2. The Hall–Kier alpha value is -3.44. The maximum atomic E-state index is 5.55. The Bertz CT molecular complexity index is 873. The number of hydrogen-bond acceptors (Lipinski definition) is 2. The largest absolute Gasteiger partial charge is 0.497 e. The van der Waals surface area contributed by atoms with E-state index in [-0.39, 0.29) is 0 Å². The Kier molecular flexibility index (Phi) is 27.7. The highest BCUT2D eigenvalue weighted by molar-refractivity contribution is 5.58. The first kappa shape index (κ1) is 36.1. The summed E-state index contributed by atoms with van der Waals surface area (Å²) >= 11 is 0. The Morgan fingerprint density at radius 2 is 1.43 bits per heavy atom. The van der Waals surface area contributed by atoms with Crippen molar-refractivity contribution < 1.29 is 9.47 Å². The summed E-state index contributed by atoms with van der Waals surface area (Å²) in [6.45, 7) is 27.5. The van der Waals surface area contributed by atoms with Gasteiger partial charge in [-0.15, -0.1) is 0 Å². The third kappa shape index (κ3) is 20.9. The molecule has 0 aliphatic rings. The molecular weight excluding hydrogens is 428 g/mol. The van der Waals surface area contributed by atoms with Crippen LogP contribution in [0.2, 0.25) is 0 Å². The smallest absolute Gasteiger partial charge is 0.149 e. The number of hydrogen-bond donors (Lipinski definition) is 0. The Labute approximate surface area is 217 Å². The second-order valence-corrected chi connectivity index (χ2v) is 6.67. The van der Waals surface area contributed by atoms with Crippen LogP contribution in [0.15, 0.2) is 92.1 Å². The summed E-state index contributed by atoms with van der Waals surface area (Å²) in [4.78, 5) is 0. The number of benzene rings is 2. The molecule has 2 heteroatoms. The van der Waals surface area contributed by atoms with Crippen molar-refractivity contribution in [3.63, 3.8) is 0 Å². The highest BCUT2D eigenvalue weighted by Gasteiger charge is 1.96. The van der Waals surface area contributed by atoms with E-state index in [9.17, 15) is 0 Å². The van der Waals surface area contributed by atoms with Crippen LogP contribution in [0, 0.1) is 18.8 Å². The third-order valence-electron chi connectivity index (χ3n) is 3.72. The van der Waals surface area contributed by atoms with E-state index in [1.807, 2.05) is 96.1 Å². The number of allylic oxidation sites excluding steroid dienone is 4. The zero-order valence-corrected chi connectivity index (χ0v) is 23.7. The molecule has 0 amide bonds. The summed E-state index contributed by atoms with van der Waals surface area (Å²) in [6.07, 6.45) is 6.70. The topological polar surface area (TPSA) is 18.5 Å². The van der Waals surface area contributed by atoms with Gasteiger partial charge in [0.1, 0.15) is 18.1 Å². The molecule has 0 saturated carbocycles. The molecule has 0 fully saturated rings. The molecule has 0 atom stereocenters. The van der Waals surface area contributed by atoms with Gasteiger partial charge in [0.05, 0.1) is 7.11 Å². The fourth-order valence-electron chi connectivity index (χ4n) is 2.00. The lowest BCUT2D eigenvalue weighted by Crippen LogP contribution is -1.93. The van der Waals surface area contributed by atoms with Crippen LogP contribution < -0.4 is 4.74 Å². The second-order valence-electron chi connectivity index (χ2n) is 6.67. The predicted molar refractivity (Wildman–Crippen MR) is 159 cm³/mol. The fraction of sp³-hybridized carbons (Fsp3) is 0.333. The van der Waals surface area contributed by atoms with E-state index < -0.39 is 0 Å². The molecule has 2 nitrogen and oxygen atoms in total. The van der Waals surface area contributed by atoms with Gasteiger partial charge in [-0.1, -0.05) is 133 Å². The molecule has 0 heterocycles. The van der Waals surface area contributed by atoms with E-state index in [1.165, 1.54) is 12.0 Å². The standard InChI is InChI=1S/C19H18O2.C7H10.C3H8.2C2H6/c1-15-6-12-19(13-7-15)21-14-4-5-17-8-10-18(11-9-17)16(2)20-3;1-4-6-7(3)5-2;1-3-2;2*1-2/h6-13H,2,14H2,1,3H3;4-6H,1-2H2,3H3;3H2,1-2H3;2*1-2H3/b;7-6-;;;. The van der Waals surface area contributed by atoms with Crippen LogP contribution in [0.3, 0.4) is 0 Å². The van der Waals surface area contributed by atoms with Crippen molar-refractivity contribution in [1.29, 1.82) is 0 Å². The zero-order chi connectivity index (χ0) is 27.5. The lowest BCUT2D eigenvalue weighted by atomic mass is 10.1. The van der Waals surface area contributed by atoms with E-state index in [4.69, 9.17) is 9.47 Å². The van der Waals surface area contributed by atoms with Gasteiger partial charge in [-0.3, -0.25) is 0 Å². The van der Waals surface area contributed by atoms with E-state index in [0.29, 0.717) is 12.4 Å². The average molecular weight is 477 g/mol.